The Kier molecular flexibility index (Phi) is 3.72. The zero-order valence-electron chi connectivity index (χ0n) is 11.9. The van der Waals surface area contributed by atoms with Crippen LogP contribution in [0.1, 0.15) is 29.8 Å². The highest BCUT2D eigenvalue weighted by Crippen LogP contribution is 2.27. The van der Waals surface area contributed by atoms with Crippen LogP contribution in [-0.2, 0) is 9.53 Å². The minimum absolute atomic E-state index is 0.150. The summed E-state index contributed by atoms with van der Waals surface area (Å²) in [4.78, 5) is 33.5. The molecule has 2 saturated heterocycles. The number of anilines is 1. The van der Waals surface area contributed by atoms with E-state index in [0.29, 0.717) is 18.2 Å². The lowest BCUT2D eigenvalue weighted by Crippen LogP contribution is -2.54. The number of carbonyl (C=O) groups excluding carboxylic acids is 2. The number of nitrogens with one attached hydrogen (secondary N) is 1. The minimum atomic E-state index is -0.482. The largest absolute Gasteiger partial charge is 0.464 e. The molecule has 0 saturated carbocycles. The second kappa shape index (κ2) is 5.67. The Morgan fingerprint density at radius 1 is 1.43 bits per heavy atom. The fourth-order valence-corrected chi connectivity index (χ4v) is 3.03. The van der Waals surface area contributed by atoms with E-state index in [4.69, 9.17) is 0 Å². The molecule has 2 unspecified atom stereocenters. The van der Waals surface area contributed by atoms with Crippen LogP contribution in [0.25, 0.3) is 0 Å². The highest BCUT2D eigenvalue weighted by Gasteiger charge is 2.34. The SMILES string of the molecule is COC(=O)c1cncc(N2CCC3NC(=O)CCC3C2)n1. The molecule has 7 heteroatoms. The summed E-state index contributed by atoms with van der Waals surface area (Å²) in [5.74, 6) is 0.787. The Morgan fingerprint density at radius 2 is 2.29 bits per heavy atom. The van der Waals surface area contributed by atoms with Gasteiger partial charge in [-0.05, 0) is 18.8 Å². The van der Waals surface area contributed by atoms with E-state index >= 15 is 0 Å². The molecule has 21 heavy (non-hydrogen) atoms. The van der Waals surface area contributed by atoms with Crippen LogP contribution in [0.15, 0.2) is 12.4 Å². The standard InChI is InChI=1S/C14H18N4O3/c1-21-14(20)11-6-15-7-12(16-11)18-5-4-10-9(8-18)2-3-13(19)17-10/h6-7,9-10H,2-5,8H2,1H3,(H,17,19). The van der Waals surface area contributed by atoms with Crippen LogP contribution in [0.2, 0.25) is 0 Å². The van der Waals surface area contributed by atoms with Crippen LogP contribution in [0.3, 0.4) is 0 Å². The van der Waals surface area contributed by atoms with E-state index in [1.54, 1.807) is 6.20 Å². The van der Waals surface area contributed by atoms with Crippen molar-refractivity contribution in [1.29, 1.82) is 0 Å². The summed E-state index contributed by atoms with van der Waals surface area (Å²) in [5, 5.41) is 3.05. The van der Waals surface area contributed by atoms with Crippen LogP contribution < -0.4 is 10.2 Å². The normalized spacial score (nSPS) is 25.0. The summed E-state index contributed by atoms with van der Waals surface area (Å²) in [6.07, 6.45) is 5.44. The molecule has 1 amide bonds. The van der Waals surface area contributed by atoms with Gasteiger partial charge in [-0.25, -0.2) is 9.78 Å². The number of fused-ring (bicyclic) bond motifs is 1. The number of ether oxygens (including phenoxy) is 1. The predicted octanol–water partition coefficient (Wildman–Crippen LogP) is 0.368. The lowest BCUT2D eigenvalue weighted by atomic mass is 9.85. The number of hydrogen-bond donors (Lipinski definition) is 1. The number of esters is 1. The monoisotopic (exact) mass is 290 g/mol. The number of nitrogens with zero attached hydrogens (tertiary/aromatic N) is 3. The van der Waals surface area contributed by atoms with Gasteiger partial charge in [0.05, 0.1) is 19.5 Å². The van der Waals surface area contributed by atoms with Gasteiger partial charge in [-0.3, -0.25) is 9.78 Å². The number of rotatable bonds is 2. The molecule has 1 N–H and O–H groups in total. The maximum absolute atomic E-state index is 11.5. The van der Waals surface area contributed by atoms with Crippen LogP contribution in [-0.4, -0.2) is 48.1 Å². The topological polar surface area (TPSA) is 84.4 Å². The van der Waals surface area contributed by atoms with Gasteiger partial charge in [-0.2, -0.15) is 0 Å². The van der Waals surface area contributed by atoms with Gasteiger partial charge in [0.15, 0.2) is 5.69 Å². The summed E-state index contributed by atoms with van der Waals surface area (Å²) in [5.41, 5.74) is 0.217. The molecule has 3 rings (SSSR count). The third-order valence-corrected chi connectivity index (χ3v) is 4.16. The van der Waals surface area contributed by atoms with Crippen molar-refractivity contribution in [3.05, 3.63) is 18.1 Å². The van der Waals surface area contributed by atoms with Crippen LogP contribution >= 0.6 is 0 Å². The number of hydrogen-bond acceptors (Lipinski definition) is 6. The second-order valence-electron chi connectivity index (χ2n) is 5.46. The molecule has 1 aromatic rings. The van der Waals surface area contributed by atoms with Gasteiger partial charge in [0.25, 0.3) is 0 Å². The Labute approximate surface area is 122 Å². The Balaban J connectivity index is 1.73. The third kappa shape index (κ3) is 2.81. The fraction of sp³-hybridized carbons (Fsp3) is 0.571. The lowest BCUT2D eigenvalue weighted by Gasteiger charge is -2.41. The number of piperidine rings is 2. The van der Waals surface area contributed by atoms with E-state index in [2.05, 4.69) is 24.9 Å². The molecule has 0 aromatic carbocycles. The van der Waals surface area contributed by atoms with Gasteiger partial charge in [-0.15, -0.1) is 0 Å². The maximum atomic E-state index is 11.5. The van der Waals surface area contributed by atoms with Crippen LogP contribution in [0, 0.1) is 5.92 Å². The molecule has 7 nitrogen and oxygen atoms in total. The van der Waals surface area contributed by atoms with Crippen molar-refractivity contribution in [2.75, 3.05) is 25.1 Å². The van der Waals surface area contributed by atoms with Crippen molar-refractivity contribution in [2.24, 2.45) is 5.92 Å². The van der Waals surface area contributed by atoms with Crippen molar-refractivity contribution in [1.82, 2.24) is 15.3 Å². The average Bonchev–Trinajstić information content (AvgIpc) is 2.53. The number of methoxy groups -OCH3 is 1. The van der Waals surface area contributed by atoms with E-state index in [9.17, 15) is 9.59 Å². The summed E-state index contributed by atoms with van der Waals surface area (Å²) in [6, 6.07) is 0.263. The van der Waals surface area contributed by atoms with Gasteiger partial charge in [0.2, 0.25) is 5.91 Å². The van der Waals surface area contributed by atoms with E-state index < -0.39 is 5.97 Å². The van der Waals surface area contributed by atoms with E-state index in [0.717, 1.165) is 25.9 Å². The van der Waals surface area contributed by atoms with Crippen molar-refractivity contribution in [2.45, 2.75) is 25.3 Å². The molecule has 112 valence electrons. The lowest BCUT2D eigenvalue weighted by molar-refractivity contribution is -0.124. The van der Waals surface area contributed by atoms with Crippen molar-refractivity contribution in [3.8, 4) is 0 Å². The molecular weight excluding hydrogens is 272 g/mol. The van der Waals surface area contributed by atoms with E-state index in [-0.39, 0.29) is 17.6 Å². The van der Waals surface area contributed by atoms with Crippen molar-refractivity contribution in [3.63, 3.8) is 0 Å². The first-order valence-corrected chi connectivity index (χ1v) is 7.12. The van der Waals surface area contributed by atoms with Gasteiger partial charge in [0, 0.05) is 25.6 Å². The highest BCUT2D eigenvalue weighted by atomic mass is 16.5. The number of amides is 1. The summed E-state index contributed by atoms with van der Waals surface area (Å²) in [6.45, 7) is 1.62. The van der Waals surface area contributed by atoms with Gasteiger partial charge in [-0.1, -0.05) is 0 Å². The van der Waals surface area contributed by atoms with Gasteiger partial charge < -0.3 is 15.0 Å². The quantitative estimate of drug-likeness (QED) is 0.792. The number of carbonyl (C=O) groups is 2. The van der Waals surface area contributed by atoms with Gasteiger partial charge in [0.1, 0.15) is 5.82 Å². The molecule has 0 spiro atoms. The third-order valence-electron chi connectivity index (χ3n) is 4.16. The van der Waals surface area contributed by atoms with Crippen LogP contribution in [0.4, 0.5) is 5.82 Å². The molecule has 1 aromatic heterocycles. The van der Waals surface area contributed by atoms with E-state index in [1.165, 1.54) is 13.3 Å². The average molecular weight is 290 g/mol. The smallest absolute Gasteiger partial charge is 0.358 e. The Bertz CT molecular complexity index is 563. The van der Waals surface area contributed by atoms with Crippen molar-refractivity contribution >= 4 is 17.7 Å². The molecule has 0 radical (unpaired) electrons. The maximum Gasteiger partial charge on any atom is 0.358 e. The molecule has 3 heterocycles. The van der Waals surface area contributed by atoms with Gasteiger partial charge >= 0.3 is 5.97 Å². The minimum Gasteiger partial charge on any atom is -0.464 e. The molecule has 0 aliphatic carbocycles. The zero-order chi connectivity index (χ0) is 14.8. The Morgan fingerprint density at radius 3 is 3.10 bits per heavy atom. The molecule has 2 atom stereocenters. The summed E-state index contributed by atoms with van der Waals surface area (Å²) in [7, 11) is 1.33. The second-order valence-corrected chi connectivity index (χ2v) is 5.46. The predicted molar refractivity (Wildman–Crippen MR) is 74.9 cm³/mol. The molecule has 2 aliphatic rings. The molecule has 2 fully saturated rings. The first kappa shape index (κ1) is 13.8. The van der Waals surface area contributed by atoms with Crippen LogP contribution in [0.5, 0.6) is 0 Å². The number of aromatic nitrogens is 2. The molecule has 0 bridgehead atoms. The highest BCUT2D eigenvalue weighted by molar-refractivity contribution is 5.87. The molecular formula is C14H18N4O3. The first-order chi connectivity index (χ1) is 10.2. The zero-order valence-corrected chi connectivity index (χ0v) is 11.9. The Hall–Kier alpha value is -2.18. The fourth-order valence-electron chi connectivity index (χ4n) is 3.03. The summed E-state index contributed by atoms with van der Waals surface area (Å²) < 4.78 is 4.67. The summed E-state index contributed by atoms with van der Waals surface area (Å²) >= 11 is 0. The molecule has 2 aliphatic heterocycles. The van der Waals surface area contributed by atoms with Crippen molar-refractivity contribution < 1.29 is 14.3 Å². The van der Waals surface area contributed by atoms with E-state index in [1.807, 2.05) is 0 Å². The first-order valence-electron chi connectivity index (χ1n) is 7.12.